The second-order valence-corrected chi connectivity index (χ2v) is 4.27. The second-order valence-electron chi connectivity index (χ2n) is 4.27. The van der Waals surface area contributed by atoms with E-state index in [0.717, 1.165) is 25.8 Å². The molecular weight excluding hydrogens is 242 g/mol. The number of ether oxygens (including phenoxy) is 1. The summed E-state index contributed by atoms with van der Waals surface area (Å²) >= 11 is 0. The third-order valence-corrected chi connectivity index (χ3v) is 2.85. The molecule has 19 heavy (non-hydrogen) atoms. The van der Waals surface area contributed by atoms with Crippen LogP contribution in [0.1, 0.15) is 29.0 Å². The first-order valence-electron chi connectivity index (χ1n) is 6.31. The summed E-state index contributed by atoms with van der Waals surface area (Å²) in [6, 6.07) is 10.4. The van der Waals surface area contributed by atoms with E-state index in [1.165, 1.54) is 12.7 Å². The van der Waals surface area contributed by atoms with Gasteiger partial charge in [0.25, 0.3) is 5.82 Å². The molecule has 5 nitrogen and oxygen atoms in total. The van der Waals surface area contributed by atoms with E-state index in [4.69, 9.17) is 0 Å². The zero-order chi connectivity index (χ0) is 13.5. The van der Waals surface area contributed by atoms with Crippen molar-refractivity contribution in [3.05, 3.63) is 48.0 Å². The van der Waals surface area contributed by atoms with Crippen LogP contribution in [0.4, 0.5) is 0 Å². The maximum atomic E-state index is 11.2. The molecule has 0 bridgehead atoms. The standard InChI is InChI=1S/C14H17N3O2/c1-19-14(18)13-15-11-17(16-13)10-6-5-9-12-7-3-2-4-8-12/h2-4,7-8,11H,5-6,9-10H2,1H3. The number of nitrogens with zero attached hydrogens (tertiary/aromatic N) is 3. The van der Waals surface area contributed by atoms with Gasteiger partial charge >= 0.3 is 5.97 Å². The van der Waals surface area contributed by atoms with E-state index in [2.05, 4.69) is 39.1 Å². The fourth-order valence-electron chi connectivity index (χ4n) is 1.83. The third-order valence-electron chi connectivity index (χ3n) is 2.85. The molecule has 1 heterocycles. The number of methoxy groups -OCH3 is 1. The van der Waals surface area contributed by atoms with E-state index in [1.54, 1.807) is 11.0 Å². The quantitative estimate of drug-likeness (QED) is 0.588. The van der Waals surface area contributed by atoms with Crippen LogP contribution in [0.5, 0.6) is 0 Å². The maximum Gasteiger partial charge on any atom is 0.377 e. The van der Waals surface area contributed by atoms with Crippen LogP contribution >= 0.6 is 0 Å². The van der Waals surface area contributed by atoms with Gasteiger partial charge in [0.05, 0.1) is 7.11 Å². The molecule has 0 spiro atoms. The number of aryl methyl sites for hydroxylation is 2. The van der Waals surface area contributed by atoms with Gasteiger partial charge in [-0.25, -0.2) is 9.78 Å². The summed E-state index contributed by atoms with van der Waals surface area (Å²) in [6.45, 7) is 0.761. The van der Waals surface area contributed by atoms with Crippen LogP contribution in [0, 0.1) is 0 Å². The van der Waals surface area contributed by atoms with Crippen molar-refractivity contribution in [2.24, 2.45) is 0 Å². The Hall–Kier alpha value is -2.17. The number of esters is 1. The molecule has 100 valence electrons. The molecule has 0 fully saturated rings. The van der Waals surface area contributed by atoms with Crippen LogP contribution in [0.15, 0.2) is 36.7 Å². The monoisotopic (exact) mass is 259 g/mol. The van der Waals surface area contributed by atoms with Crippen LogP contribution < -0.4 is 0 Å². The number of unbranched alkanes of at least 4 members (excludes halogenated alkanes) is 1. The lowest BCUT2D eigenvalue weighted by atomic mass is 10.1. The molecule has 2 aromatic rings. The van der Waals surface area contributed by atoms with E-state index < -0.39 is 5.97 Å². The molecule has 0 aliphatic rings. The Balaban J connectivity index is 1.74. The van der Waals surface area contributed by atoms with E-state index in [-0.39, 0.29) is 5.82 Å². The lowest BCUT2D eigenvalue weighted by Crippen LogP contribution is -2.06. The fourth-order valence-corrected chi connectivity index (χ4v) is 1.83. The Labute approximate surface area is 112 Å². The largest absolute Gasteiger partial charge is 0.463 e. The van der Waals surface area contributed by atoms with Gasteiger partial charge in [-0.05, 0) is 24.8 Å². The molecular formula is C14H17N3O2. The molecule has 5 heteroatoms. The van der Waals surface area contributed by atoms with Crippen molar-refractivity contribution in [2.75, 3.05) is 7.11 Å². The summed E-state index contributed by atoms with van der Waals surface area (Å²) in [6.07, 6.45) is 4.70. The molecule has 0 amide bonds. The molecule has 0 atom stereocenters. The summed E-state index contributed by atoms with van der Waals surface area (Å²) in [7, 11) is 1.32. The topological polar surface area (TPSA) is 57.0 Å². The van der Waals surface area contributed by atoms with Crippen LogP contribution in [0.3, 0.4) is 0 Å². The van der Waals surface area contributed by atoms with Gasteiger partial charge in [-0.1, -0.05) is 30.3 Å². The molecule has 0 unspecified atom stereocenters. The molecule has 0 aliphatic carbocycles. The van der Waals surface area contributed by atoms with Crippen LogP contribution in [0.25, 0.3) is 0 Å². The van der Waals surface area contributed by atoms with Crippen molar-refractivity contribution in [3.63, 3.8) is 0 Å². The van der Waals surface area contributed by atoms with Gasteiger partial charge in [-0.15, -0.1) is 5.10 Å². The third kappa shape index (κ3) is 3.91. The summed E-state index contributed by atoms with van der Waals surface area (Å²) < 4.78 is 6.23. The molecule has 0 saturated carbocycles. The minimum absolute atomic E-state index is 0.116. The number of benzene rings is 1. The molecule has 1 aromatic heterocycles. The number of rotatable bonds is 6. The number of carbonyl (C=O) groups excluding carboxylic acids is 1. The van der Waals surface area contributed by atoms with E-state index in [1.807, 2.05) is 6.07 Å². The first-order valence-corrected chi connectivity index (χ1v) is 6.31. The molecule has 0 aliphatic heterocycles. The zero-order valence-electron chi connectivity index (χ0n) is 11.0. The fraction of sp³-hybridized carbons (Fsp3) is 0.357. The number of hydrogen-bond acceptors (Lipinski definition) is 4. The van der Waals surface area contributed by atoms with Gasteiger partial charge in [0.2, 0.25) is 0 Å². The molecule has 0 radical (unpaired) electrons. The van der Waals surface area contributed by atoms with Crippen LogP contribution in [0.2, 0.25) is 0 Å². The smallest absolute Gasteiger partial charge is 0.377 e. The minimum atomic E-state index is -0.497. The Morgan fingerprint density at radius 2 is 2.05 bits per heavy atom. The van der Waals surface area contributed by atoms with Gasteiger partial charge < -0.3 is 4.74 Å². The highest BCUT2D eigenvalue weighted by atomic mass is 16.5. The number of hydrogen-bond donors (Lipinski definition) is 0. The van der Waals surface area contributed by atoms with Crippen molar-refractivity contribution in [1.29, 1.82) is 0 Å². The Bertz CT molecular complexity index is 522. The average Bonchev–Trinajstić information content (AvgIpc) is 2.93. The molecule has 0 N–H and O–H groups in total. The van der Waals surface area contributed by atoms with Gasteiger partial charge in [0.1, 0.15) is 6.33 Å². The van der Waals surface area contributed by atoms with E-state index in [0.29, 0.717) is 0 Å². The van der Waals surface area contributed by atoms with Crippen molar-refractivity contribution in [1.82, 2.24) is 14.8 Å². The van der Waals surface area contributed by atoms with E-state index >= 15 is 0 Å². The summed E-state index contributed by atoms with van der Waals surface area (Å²) in [5.74, 6) is -0.381. The SMILES string of the molecule is COC(=O)c1ncn(CCCCc2ccccc2)n1. The van der Waals surface area contributed by atoms with Crippen molar-refractivity contribution in [2.45, 2.75) is 25.8 Å². The maximum absolute atomic E-state index is 11.2. The predicted molar refractivity (Wildman–Crippen MR) is 70.7 cm³/mol. The lowest BCUT2D eigenvalue weighted by Gasteiger charge is -2.01. The van der Waals surface area contributed by atoms with Crippen LogP contribution in [-0.4, -0.2) is 27.8 Å². The van der Waals surface area contributed by atoms with Gasteiger partial charge in [0, 0.05) is 6.54 Å². The second kappa shape index (κ2) is 6.68. The first-order chi connectivity index (χ1) is 9.29. The molecule has 1 aromatic carbocycles. The Morgan fingerprint density at radius 3 is 2.79 bits per heavy atom. The molecule has 0 saturated heterocycles. The normalized spacial score (nSPS) is 10.4. The van der Waals surface area contributed by atoms with E-state index in [9.17, 15) is 4.79 Å². The van der Waals surface area contributed by atoms with Crippen molar-refractivity contribution >= 4 is 5.97 Å². The van der Waals surface area contributed by atoms with Gasteiger partial charge in [-0.2, -0.15) is 0 Å². The molecule has 2 rings (SSSR count). The Kier molecular flexibility index (Phi) is 4.66. The Morgan fingerprint density at radius 1 is 1.26 bits per heavy atom. The average molecular weight is 259 g/mol. The highest BCUT2D eigenvalue weighted by molar-refractivity contribution is 5.84. The van der Waals surface area contributed by atoms with Crippen LogP contribution in [-0.2, 0) is 17.7 Å². The summed E-state index contributed by atoms with van der Waals surface area (Å²) in [4.78, 5) is 15.1. The highest BCUT2D eigenvalue weighted by Crippen LogP contribution is 2.05. The highest BCUT2D eigenvalue weighted by Gasteiger charge is 2.10. The minimum Gasteiger partial charge on any atom is -0.463 e. The lowest BCUT2D eigenvalue weighted by molar-refractivity contribution is 0.0586. The van der Waals surface area contributed by atoms with Crippen molar-refractivity contribution in [3.8, 4) is 0 Å². The van der Waals surface area contributed by atoms with Gasteiger partial charge in [0.15, 0.2) is 0 Å². The summed E-state index contributed by atoms with van der Waals surface area (Å²) in [5.41, 5.74) is 1.34. The predicted octanol–water partition coefficient (Wildman–Crippen LogP) is 2.09. The first kappa shape index (κ1) is 13.3. The van der Waals surface area contributed by atoms with Gasteiger partial charge in [-0.3, -0.25) is 4.68 Å². The number of aromatic nitrogens is 3. The number of carbonyl (C=O) groups is 1. The van der Waals surface area contributed by atoms with Crippen molar-refractivity contribution < 1.29 is 9.53 Å². The summed E-state index contributed by atoms with van der Waals surface area (Å²) in [5, 5.41) is 4.06. The zero-order valence-corrected chi connectivity index (χ0v) is 11.0.